The molecule has 0 aliphatic carbocycles. The number of hydrogen-bond donors (Lipinski definition) is 4. The number of rotatable bonds is 10. The van der Waals surface area contributed by atoms with Crippen LogP contribution in [0.1, 0.15) is 11.1 Å². The average molecular weight is 944 g/mol. The van der Waals surface area contributed by atoms with Crippen LogP contribution in [0.3, 0.4) is 0 Å². The van der Waals surface area contributed by atoms with E-state index in [0.717, 1.165) is 16.8 Å². The number of piperazine rings is 2. The molecule has 0 spiro atoms. The maximum Gasteiger partial charge on any atom is 0.328 e. The van der Waals surface area contributed by atoms with E-state index in [4.69, 9.17) is 4.74 Å². The predicted octanol–water partition coefficient (Wildman–Crippen LogP) is 4.30. The maximum absolute atomic E-state index is 13.3. The number of nitrogens with zero attached hydrogens (tertiary/aromatic N) is 7. The number of aromatic nitrogens is 2. The standard InChI is InChI=1S/C26H23N5O5.C24H22N6O4/c32-23-26(24(33)28-25(34)27-23,20-8-6-19(7-9-20)18-4-2-1-3-5-18)30-16-14-29(15-17-30)21-10-12-22(13-11-21)31(35)36;31-20-24(21(32)28-23(33)27-20,30-15-13-29(14-16-30)22-25-11-4-12-26-22)17-7-9-19(10-8-17)34-18-5-2-1-3-6-18/h1-13H,14-17H2,(H2,27,28,32,33,34);1-12H,13-16H2,(H2,27,28,31,32,33). The first-order valence-electron chi connectivity index (χ1n) is 22.3. The Labute approximate surface area is 400 Å². The number of benzene rings is 5. The van der Waals surface area contributed by atoms with Gasteiger partial charge in [0.2, 0.25) is 17.0 Å². The first-order valence-corrected chi connectivity index (χ1v) is 22.3. The molecule has 4 saturated heterocycles. The number of imide groups is 4. The SMILES string of the molecule is O=C1NC(=O)C(c2ccc(-c3ccccc3)cc2)(N2CCN(c3ccc([N+](=O)[O-])cc3)CC2)C(=O)N1.O=C1NC(=O)C(c2ccc(Oc3ccccc3)cc2)(N2CCN(c3ncccn3)CC2)C(=O)N1. The van der Waals surface area contributed by atoms with Gasteiger partial charge in [-0.05, 0) is 64.7 Å². The van der Waals surface area contributed by atoms with Crippen LogP contribution in [0, 0.1) is 10.1 Å². The molecule has 10 rings (SSSR count). The van der Waals surface area contributed by atoms with Gasteiger partial charge in [-0.15, -0.1) is 0 Å². The number of anilines is 2. The highest BCUT2D eigenvalue weighted by Crippen LogP contribution is 2.37. The molecule has 0 saturated carbocycles. The molecule has 8 amide bonds. The van der Waals surface area contributed by atoms with Crippen molar-refractivity contribution in [2.24, 2.45) is 0 Å². The molecule has 0 unspecified atom stereocenters. The summed E-state index contributed by atoms with van der Waals surface area (Å²) in [5, 5.41) is 20.0. The highest BCUT2D eigenvalue weighted by Gasteiger charge is 2.58. The molecule has 1 aromatic heterocycles. The summed E-state index contributed by atoms with van der Waals surface area (Å²) in [6.07, 6.45) is 3.34. The smallest absolute Gasteiger partial charge is 0.328 e. The van der Waals surface area contributed by atoms with Crippen LogP contribution in [0.4, 0.5) is 26.9 Å². The van der Waals surface area contributed by atoms with Crippen LogP contribution in [0.2, 0.25) is 0 Å². The van der Waals surface area contributed by atoms with E-state index in [-0.39, 0.29) is 5.69 Å². The van der Waals surface area contributed by atoms with Crippen LogP contribution >= 0.6 is 0 Å². The van der Waals surface area contributed by atoms with Crippen LogP contribution in [0.25, 0.3) is 11.1 Å². The minimum atomic E-state index is -1.70. The lowest BCUT2D eigenvalue weighted by Crippen LogP contribution is -2.73. The number of nitrogens with one attached hydrogen (secondary N) is 4. The van der Waals surface area contributed by atoms with Crippen molar-refractivity contribution in [2.75, 3.05) is 62.2 Å². The number of non-ortho nitro benzene ring substituents is 1. The van der Waals surface area contributed by atoms with E-state index in [0.29, 0.717) is 80.9 Å². The Bertz CT molecular complexity index is 2870. The largest absolute Gasteiger partial charge is 0.457 e. The van der Waals surface area contributed by atoms with Gasteiger partial charge in [0.25, 0.3) is 29.3 Å². The van der Waals surface area contributed by atoms with Gasteiger partial charge in [-0.1, -0.05) is 84.9 Å². The first-order chi connectivity index (χ1) is 34.0. The van der Waals surface area contributed by atoms with Gasteiger partial charge in [0.1, 0.15) is 11.5 Å². The van der Waals surface area contributed by atoms with Gasteiger partial charge in [-0.25, -0.2) is 19.6 Å². The molecule has 4 aliphatic heterocycles. The molecule has 70 heavy (non-hydrogen) atoms. The minimum Gasteiger partial charge on any atom is -0.457 e. The van der Waals surface area contributed by atoms with Crippen molar-refractivity contribution in [1.82, 2.24) is 41.0 Å². The van der Waals surface area contributed by atoms with E-state index in [9.17, 15) is 38.9 Å². The third-order valence-electron chi connectivity index (χ3n) is 12.7. The summed E-state index contributed by atoms with van der Waals surface area (Å²) in [4.78, 5) is 104. The highest BCUT2D eigenvalue weighted by atomic mass is 16.6. The third-order valence-corrected chi connectivity index (χ3v) is 12.7. The Morgan fingerprint density at radius 1 is 0.471 bits per heavy atom. The van der Waals surface area contributed by atoms with Crippen molar-refractivity contribution < 1.29 is 38.4 Å². The molecule has 20 nitrogen and oxygen atoms in total. The van der Waals surface area contributed by atoms with Gasteiger partial charge in [0.05, 0.1) is 4.92 Å². The molecule has 6 aromatic rings. The molecule has 5 heterocycles. The van der Waals surface area contributed by atoms with Gasteiger partial charge < -0.3 is 14.5 Å². The summed E-state index contributed by atoms with van der Waals surface area (Å²) in [6.45, 7) is 3.46. The second-order valence-electron chi connectivity index (χ2n) is 16.5. The number of carbonyl (C=O) groups excluding carboxylic acids is 6. The molecule has 0 radical (unpaired) electrons. The predicted molar refractivity (Wildman–Crippen MR) is 254 cm³/mol. The monoisotopic (exact) mass is 943 g/mol. The number of nitro benzene ring substituents is 1. The maximum atomic E-state index is 13.3. The van der Waals surface area contributed by atoms with E-state index in [1.54, 1.807) is 76.8 Å². The van der Waals surface area contributed by atoms with Crippen LogP contribution in [-0.4, -0.2) is 113 Å². The molecule has 4 N–H and O–H groups in total. The van der Waals surface area contributed by atoms with E-state index < -0.39 is 51.7 Å². The van der Waals surface area contributed by atoms with Crippen molar-refractivity contribution in [3.63, 3.8) is 0 Å². The molecule has 5 aromatic carbocycles. The van der Waals surface area contributed by atoms with Gasteiger partial charge in [-0.2, -0.15) is 0 Å². The van der Waals surface area contributed by atoms with Gasteiger partial charge >= 0.3 is 12.1 Å². The zero-order valence-corrected chi connectivity index (χ0v) is 37.4. The zero-order chi connectivity index (χ0) is 48.8. The number of carbonyl (C=O) groups is 6. The summed E-state index contributed by atoms with van der Waals surface area (Å²) in [6, 6.07) is 39.4. The number of urea groups is 2. The van der Waals surface area contributed by atoms with Crippen molar-refractivity contribution in [3.8, 4) is 22.6 Å². The van der Waals surface area contributed by atoms with E-state index in [1.807, 2.05) is 82.6 Å². The molecule has 20 heteroatoms. The minimum absolute atomic E-state index is 0.00973. The fourth-order valence-electron chi connectivity index (χ4n) is 9.21. The van der Waals surface area contributed by atoms with E-state index in [1.165, 1.54) is 12.1 Å². The van der Waals surface area contributed by atoms with Gasteiger partial charge in [0, 0.05) is 82.6 Å². The lowest BCUT2D eigenvalue weighted by Gasteiger charge is -2.47. The third kappa shape index (κ3) is 8.98. The molecule has 4 fully saturated rings. The van der Waals surface area contributed by atoms with Crippen molar-refractivity contribution in [2.45, 2.75) is 11.1 Å². The van der Waals surface area contributed by atoms with Crippen LogP contribution in [-0.2, 0) is 30.3 Å². The first kappa shape index (κ1) is 46.2. The second-order valence-corrected chi connectivity index (χ2v) is 16.5. The molecule has 354 valence electrons. The number of nitro groups is 1. The summed E-state index contributed by atoms with van der Waals surface area (Å²) >= 11 is 0. The molecular formula is C50H45N11O9. The van der Waals surface area contributed by atoms with Crippen LogP contribution in [0.15, 0.2) is 152 Å². The lowest BCUT2D eigenvalue weighted by molar-refractivity contribution is -0.384. The Balaban J connectivity index is 0.000000174. The topological polar surface area (TPSA) is 242 Å². The molecule has 0 atom stereocenters. The van der Waals surface area contributed by atoms with E-state index in [2.05, 4.69) is 31.2 Å². The Hall–Kier alpha value is -8.88. The molecule has 0 bridgehead atoms. The van der Waals surface area contributed by atoms with Crippen molar-refractivity contribution in [1.29, 1.82) is 0 Å². The quantitative estimate of drug-likeness (QED) is 0.0851. The Kier molecular flexibility index (Phi) is 13.1. The van der Waals surface area contributed by atoms with E-state index >= 15 is 0 Å². The van der Waals surface area contributed by atoms with Gasteiger partial charge in [-0.3, -0.25) is 60.4 Å². The van der Waals surface area contributed by atoms with Crippen molar-refractivity contribution in [3.05, 3.63) is 173 Å². The zero-order valence-electron chi connectivity index (χ0n) is 37.4. The summed E-state index contributed by atoms with van der Waals surface area (Å²) in [7, 11) is 0. The number of hydrogen-bond acceptors (Lipinski definition) is 15. The normalized spacial score (nSPS) is 18.1. The highest BCUT2D eigenvalue weighted by molar-refractivity contribution is 6.23. The molecule has 4 aliphatic rings. The average Bonchev–Trinajstić information content (AvgIpc) is 3.38. The Morgan fingerprint density at radius 3 is 1.36 bits per heavy atom. The van der Waals surface area contributed by atoms with Crippen LogP contribution < -0.4 is 35.8 Å². The number of para-hydroxylation sites is 1. The lowest BCUT2D eigenvalue weighted by atomic mass is 9.83. The summed E-state index contributed by atoms with van der Waals surface area (Å²) in [5.41, 5.74) is 0.277. The fraction of sp³-hybridized carbons (Fsp3) is 0.200. The fourth-order valence-corrected chi connectivity index (χ4v) is 9.21. The van der Waals surface area contributed by atoms with Gasteiger partial charge in [0.15, 0.2) is 0 Å². The second kappa shape index (κ2) is 19.8. The summed E-state index contributed by atoms with van der Waals surface area (Å²) in [5.74, 6) is -0.914. The summed E-state index contributed by atoms with van der Waals surface area (Å²) < 4.78 is 5.84. The number of amides is 8. The number of barbiturate groups is 2. The Morgan fingerprint density at radius 2 is 0.886 bits per heavy atom. The number of ether oxygens (including phenoxy) is 1. The van der Waals surface area contributed by atoms with Crippen molar-refractivity contribution >= 4 is 53.0 Å². The molecular weight excluding hydrogens is 899 g/mol. The van der Waals surface area contributed by atoms with Crippen LogP contribution in [0.5, 0.6) is 11.5 Å².